The number of hydrogen-bond donors (Lipinski definition) is 0. The number of carbonyl (C=O) groups excluding carboxylic acids is 1. The van der Waals surface area contributed by atoms with Gasteiger partial charge in [0.1, 0.15) is 5.75 Å². The van der Waals surface area contributed by atoms with E-state index in [0.29, 0.717) is 6.42 Å². The second kappa shape index (κ2) is 9.86. The highest BCUT2D eigenvalue weighted by molar-refractivity contribution is 5.96. The van der Waals surface area contributed by atoms with Gasteiger partial charge < -0.3 is 9.64 Å². The lowest BCUT2D eigenvalue weighted by molar-refractivity contribution is 0.0958. The number of piperidine rings is 1. The number of carbonyl (C=O) groups is 1. The largest absolute Gasteiger partial charge is 0.491 e. The van der Waals surface area contributed by atoms with Crippen LogP contribution in [0.1, 0.15) is 56.3 Å². The van der Waals surface area contributed by atoms with Crippen LogP contribution < -0.4 is 4.74 Å². The first-order chi connectivity index (χ1) is 10.2. The molecule has 0 amide bonds. The molecule has 1 aromatic carbocycles. The van der Waals surface area contributed by atoms with E-state index in [2.05, 4.69) is 18.7 Å². The van der Waals surface area contributed by atoms with Crippen LogP contribution in [0.2, 0.25) is 0 Å². The zero-order chi connectivity index (χ0) is 15.1. The summed E-state index contributed by atoms with van der Waals surface area (Å²) in [4.78, 5) is 14.6. The number of Topliss-reactive ketones (excluding diaryl/α,β-unsaturated/α-hetero) is 1. The molecule has 1 fully saturated rings. The number of ether oxygens (including phenoxy) is 1. The topological polar surface area (TPSA) is 29.5 Å². The monoisotopic (exact) mass is 325 g/mol. The standard InChI is InChI=1S/C18H27NO2.ClH/c1-3-15(2)21-17-9-7-16(8-10-17)18(20)11-14-19-12-5-4-6-13-19;/h7-10,15H,3-6,11-14H2,1-2H3;1H. The summed E-state index contributed by atoms with van der Waals surface area (Å²) in [5.41, 5.74) is 0.795. The van der Waals surface area contributed by atoms with Gasteiger partial charge in [-0.3, -0.25) is 4.79 Å². The van der Waals surface area contributed by atoms with E-state index in [9.17, 15) is 4.79 Å². The van der Waals surface area contributed by atoms with Crippen molar-refractivity contribution in [1.82, 2.24) is 4.90 Å². The van der Waals surface area contributed by atoms with Gasteiger partial charge >= 0.3 is 0 Å². The molecule has 3 nitrogen and oxygen atoms in total. The van der Waals surface area contributed by atoms with E-state index in [-0.39, 0.29) is 24.3 Å². The predicted octanol–water partition coefficient (Wildman–Crippen LogP) is 4.34. The molecule has 22 heavy (non-hydrogen) atoms. The molecule has 0 saturated carbocycles. The van der Waals surface area contributed by atoms with Gasteiger partial charge in [-0.1, -0.05) is 13.3 Å². The van der Waals surface area contributed by atoms with Gasteiger partial charge in [0.05, 0.1) is 6.10 Å². The van der Waals surface area contributed by atoms with E-state index in [1.54, 1.807) is 0 Å². The van der Waals surface area contributed by atoms with Crippen LogP contribution in [0.3, 0.4) is 0 Å². The van der Waals surface area contributed by atoms with Gasteiger partial charge in [-0.15, -0.1) is 12.4 Å². The fraction of sp³-hybridized carbons (Fsp3) is 0.611. The zero-order valence-electron chi connectivity index (χ0n) is 13.7. The van der Waals surface area contributed by atoms with Crippen molar-refractivity contribution in [3.63, 3.8) is 0 Å². The van der Waals surface area contributed by atoms with E-state index in [1.165, 1.54) is 19.3 Å². The Kier molecular flexibility index (Phi) is 8.51. The first-order valence-corrected chi connectivity index (χ1v) is 8.21. The third-order valence-electron chi connectivity index (χ3n) is 4.19. The van der Waals surface area contributed by atoms with Gasteiger partial charge in [-0.05, 0) is 63.5 Å². The van der Waals surface area contributed by atoms with Crippen LogP contribution in [0.25, 0.3) is 0 Å². The quantitative estimate of drug-likeness (QED) is 0.698. The fourth-order valence-electron chi connectivity index (χ4n) is 2.62. The molecule has 0 aliphatic carbocycles. The number of likely N-dealkylation sites (tertiary alicyclic amines) is 1. The molecule has 1 saturated heterocycles. The lowest BCUT2D eigenvalue weighted by atomic mass is 10.1. The van der Waals surface area contributed by atoms with Crippen molar-refractivity contribution in [2.24, 2.45) is 0 Å². The van der Waals surface area contributed by atoms with E-state index < -0.39 is 0 Å². The molecule has 1 heterocycles. The molecule has 1 unspecified atom stereocenters. The van der Waals surface area contributed by atoms with Gasteiger partial charge in [-0.25, -0.2) is 0 Å². The van der Waals surface area contributed by atoms with E-state index in [4.69, 9.17) is 4.74 Å². The van der Waals surface area contributed by atoms with Crippen molar-refractivity contribution in [2.75, 3.05) is 19.6 Å². The molecule has 4 heteroatoms. The normalized spacial score (nSPS) is 16.6. The maximum atomic E-state index is 12.2. The van der Waals surface area contributed by atoms with Gasteiger partial charge in [0.25, 0.3) is 0 Å². The van der Waals surface area contributed by atoms with Crippen molar-refractivity contribution < 1.29 is 9.53 Å². The van der Waals surface area contributed by atoms with Crippen molar-refractivity contribution in [1.29, 1.82) is 0 Å². The maximum absolute atomic E-state index is 12.2. The summed E-state index contributed by atoms with van der Waals surface area (Å²) in [7, 11) is 0. The fourth-order valence-corrected chi connectivity index (χ4v) is 2.62. The van der Waals surface area contributed by atoms with Crippen LogP contribution in [-0.4, -0.2) is 36.4 Å². The maximum Gasteiger partial charge on any atom is 0.164 e. The summed E-state index contributed by atoms with van der Waals surface area (Å²) >= 11 is 0. The SMILES string of the molecule is CCC(C)Oc1ccc(C(=O)CCN2CCCCC2)cc1.Cl. The summed E-state index contributed by atoms with van der Waals surface area (Å²) in [6, 6.07) is 7.58. The Balaban J connectivity index is 0.00000242. The van der Waals surface area contributed by atoms with E-state index >= 15 is 0 Å². The molecule has 1 aliphatic heterocycles. The Labute approximate surface area is 140 Å². The Bertz CT molecular complexity index is 441. The summed E-state index contributed by atoms with van der Waals surface area (Å²) in [5, 5.41) is 0. The van der Waals surface area contributed by atoms with Crippen LogP contribution >= 0.6 is 12.4 Å². The minimum absolute atomic E-state index is 0. The van der Waals surface area contributed by atoms with Crippen LogP contribution in [0.15, 0.2) is 24.3 Å². The average Bonchev–Trinajstić information content (AvgIpc) is 2.54. The number of rotatable bonds is 7. The third-order valence-corrected chi connectivity index (χ3v) is 4.19. The average molecular weight is 326 g/mol. The molecule has 0 radical (unpaired) electrons. The Morgan fingerprint density at radius 3 is 2.41 bits per heavy atom. The highest BCUT2D eigenvalue weighted by atomic mass is 35.5. The molecule has 1 aromatic rings. The molecule has 0 bridgehead atoms. The van der Waals surface area contributed by atoms with Gasteiger partial charge in [0.15, 0.2) is 5.78 Å². The van der Waals surface area contributed by atoms with Crippen LogP contribution in [0.4, 0.5) is 0 Å². The second-order valence-corrected chi connectivity index (χ2v) is 5.94. The number of benzene rings is 1. The van der Waals surface area contributed by atoms with E-state index in [1.807, 2.05) is 24.3 Å². The highest BCUT2D eigenvalue weighted by Gasteiger charge is 2.13. The van der Waals surface area contributed by atoms with Crippen LogP contribution in [-0.2, 0) is 0 Å². The van der Waals surface area contributed by atoms with Crippen molar-refractivity contribution in [3.05, 3.63) is 29.8 Å². The van der Waals surface area contributed by atoms with Crippen LogP contribution in [0, 0.1) is 0 Å². The summed E-state index contributed by atoms with van der Waals surface area (Å²) in [5.74, 6) is 1.08. The second-order valence-electron chi connectivity index (χ2n) is 5.94. The first-order valence-electron chi connectivity index (χ1n) is 8.21. The number of ketones is 1. The lowest BCUT2D eigenvalue weighted by Crippen LogP contribution is -2.31. The zero-order valence-corrected chi connectivity index (χ0v) is 14.5. The molecule has 0 aromatic heterocycles. The Hall–Kier alpha value is -1.06. The number of halogens is 1. The van der Waals surface area contributed by atoms with Crippen molar-refractivity contribution >= 4 is 18.2 Å². The summed E-state index contributed by atoms with van der Waals surface area (Å²) < 4.78 is 5.73. The lowest BCUT2D eigenvalue weighted by Gasteiger charge is -2.25. The molecular weight excluding hydrogens is 298 g/mol. The van der Waals surface area contributed by atoms with Crippen molar-refractivity contribution in [2.45, 2.75) is 52.1 Å². The Morgan fingerprint density at radius 2 is 1.82 bits per heavy atom. The predicted molar refractivity (Wildman–Crippen MR) is 93.3 cm³/mol. The molecule has 2 rings (SSSR count). The molecule has 1 aliphatic rings. The first kappa shape index (κ1) is 19.0. The third kappa shape index (κ3) is 5.98. The summed E-state index contributed by atoms with van der Waals surface area (Å²) in [6.07, 6.45) is 5.70. The molecular formula is C18H28ClNO2. The van der Waals surface area contributed by atoms with Crippen molar-refractivity contribution in [3.8, 4) is 5.75 Å². The highest BCUT2D eigenvalue weighted by Crippen LogP contribution is 2.16. The van der Waals surface area contributed by atoms with E-state index in [0.717, 1.165) is 37.4 Å². The van der Waals surface area contributed by atoms with Crippen LogP contribution in [0.5, 0.6) is 5.75 Å². The Morgan fingerprint density at radius 1 is 1.18 bits per heavy atom. The molecule has 124 valence electrons. The number of nitrogens with zero attached hydrogens (tertiary/aromatic N) is 1. The smallest absolute Gasteiger partial charge is 0.164 e. The van der Waals surface area contributed by atoms with Gasteiger partial charge in [-0.2, -0.15) is 0 Å². The molecule has 0 N–H and O–H groups in total. The number of hydrogen-bond acceptors (Lipinski definition) is 3. The molecule has 1 atom stereocenters. The summed E-state index contributed by atoms with van der Waals surface area (Å²) in [6.45, 7) is 7.34. The molecule has 0 spiro atoms. The van der Waals surface area contributed by atoms with Gasteiger partial charge in [0, 0.05) is 18.5 Å². The minimum Gasteiger partial charge on any atom is -0.491 e. The minimum atomic E-state index is 0. The van der Waals surface area contributed by atoms with Gasteiger partial charge in [0.2, 0.25) is 0 Å².